The van der Waals surface area contributed by atoms with Crippen LogP contribution in [-0.2, 0) is 11.8 Å². The van der Waals surface area contributed by atoms with Crippen molar-refractivity contribution in [2.24, 2.45) is 13.0 Å². The molecule has 0 aliphatic rings. The van der Waals surface area contributed by atoms with Crippen LogP contribution in [-0.4, -0.2) is 37.3 Å². The molecule has 3 aromatic rings. The van der Waals surface area contributed by atoms with Crippen LogP contribution in [0.15, 0.2) is 41.0 Å². The molecular weight excluding hydrogens is 444 g/mol. The molecule has 11 heteroatoms. The lowest BCUT2D eigenvalue weighted by Crippen LogP contribution is -2.33. The molecule has 2 aromatic heterocycles. The van der Waals surface area contributed by atoms with Crippen LogP contribution in [0.25, 0.3) is 0 Å². The monoisotopic (exact) mass is 464 g/mol. The van der Waals surface area contributed by atoms with Gasteiger partial charge in [0.15, 0.2) is 16.1 Å². The summed E-state index contributed by atoms with van der Waals surface area (Å²) in [6.45, 7) is 3.97. The van der Waals surface area contributed by atoms with E-state index in [4.69, 9.17) is 11.6 Å². The van der Waals surface area contributed by atoms with Gasteiger partial charge in [-0.1, -0.05) is 49.3 Å². The summed E-state index contributed by atoms with van der Waals surface area (Å²) in [7, 11) is 1.81. The van der Waals surface area contributed by atoms with Crippen molar-refractivity contribution in [3.05, 3.63) is 52.3 Å². The topological polar surface area (TPSA) is 102 Å². The van der Waals surface area contributed by atoms with E-state index in [1.54, 1.807) is 40.4 Å². The van der Waals surface area contributed by atoms with Crippen molar-refractivity contribution in [1.29, 1.82) is 0 Å². The van der Waals surface area contributed by atoms with Crippen LogP contribution >= 0.6 is 34.7 Å². The zero-order chi connectivity index (χ0) is 21.7. The second-order valence-electron chi connectivity index (χ2n) is 6.75. The summed E-state index contributed by atoms with van der Waals surface area (Å²) in [5.41, 5.74) is 0.403. The number of hydrogen-bond acceptors (Lipinski definition) is 7. The highest BCUT2D eigenvalue weighted by molar-refractivity contribution is 7.99. The van der Waals surface area contributed by atoms with Crippen LogP contribution in [0, 0.1) is 5.92 Å². The third-order valence-corrected chi connectivity index (χ3v) is 6.27. The molecule has 8 nitrogen and oxygen atoms in total. The van der Waals surface area contributed by atoms with Crippen molar-refractivity contribution < 1.29 is 9.59 Å². The lowest BCUT2D eigenvalue weighted by molar-refractivity contribution is -0.113. The van der Waals surface area contributed by atoms with Crippen LogP contribution in [0.3, 0.4) is 0 Å². The van der Waals surface area contributed by atoms with E-state index in [-0.39, 0.29) is 29.5 Å². The van der Waals surface area contributed by atoms with Gasteiger partial charge in [-0.3, -0.25) is 9.59 Å². The Balaban J connectivity index is 1.69. The third kappa shape index (κ3) is 5.38. The fourth-order valence-electron chi connectivity index (χ4n) is 2.69. The van der Waals surface area contributed by atoms with Crippen LogP contribution in [0.5, 0.6) is 0 Å². The molecule has 0 unspecified atom stereocenters. The van der Waals surface area contributed by atoms with Gasteiger partial charge in [0.25, 0.3) is 5.91 Å². The summed E-state index contributed by atoms with van der Waals surface area (Å²) in [5.74, 6) is 0.383. The fraction of sp³-hybridized carbons (Fsp3) is 0.316. The first kappa shape index (κ1) is 22.3. The highest BCUT2D eigenvalue weighted by atomic mass is 35.5. The Kier molecular flexibility index (Phi) is 7.46. The average Bonchev–Trinajstić information content (AvgIpc) is 3.34. The Morgan fingerprint density at radius 2 is 2.03 bits per heavy atom. The highest BCUT2D eigenvalue weighted by Crippen LogP contribution is 2.25. The Labute approximate surface area is 187 Å². The maximum atomic E-state index is 12.7. The van der Waals surface area contributed by atoms with Crippen LogP contribution in [0.2, 0.25) is 5.02 Å². The molecule has 0 saturated heterocycles. The molecule has 0 radical (unpaired) electrons. The number of carbonyl (C=O) groups is 2. The number of carbonyl (C=O) groups excluding carboxylic acids is 2. The van der Waals surface area contributed by atoms with Gasteiger partial charge >= 0.3 is 0 Å². The molecule has 2 N–H and O–H groups in total. The molecule has 0 bridgehead atoms. The molecule has 1 atom stereocenters. The van der Waals surface area contributed by atoms with Crippen molar-refractivity contribution in [2.75, 3.05) is 11.1 Å². The predicted octanol–water partition coefficient (Wildman–Crippen LogP) is 3.78. The van der Waals surface area contributed by atoms with E-state index in [0.717, 1.165) is 0 Å². The van der Waals surface area contributed by atoms with E-state index < -0.39 is 0 Å². The molecular formula is C19H21ClN6O2S2. The van der Waals surface area contributed by atoms with E-state index in [1.165, 1.54) is 23.1 Å². The maximum Gasteiger partial charge on any atom is 0.253 e. The number of anilines is 1. The number of amides is 2. The Morgan fingerprint density at radius 3 is 2.70 bits per heavy atom. The van der Waals surface area contributed by atoms with Crippen LogP contribution in [0.4, 0.5) is 5.13 Å². The minimum Gasteiger partial charge on any atom is -0.342 e. The molecule has 3 rings (SSSR count). The van der Waals surface area contributed by atoms with Gasteiger partial charge in [0.1, 0.15) is 0 Å². The van der Waals surface area contributed by atoms with Gasteiger partial charge in [-0.05, 0) is 18.1 Å². The van der Waals surface area contributed by atoms with Crippen molar-refractivity contribution in [1.82, 2.24) is 25.1 Å². The lowest BCUT2D eigenvalue weighted by atomic mass is 10.0. The van der Waals surface area contributed by atoms with Crippen molar-refractivity contribution in [2.45, 2.75) is 25.0 Å². The summed E-state index contributed by atoms with van der Waals surface area (Å²) in [4.78, 5) is 28.8. The normalized spacial score (nSPS) is 12.0. The van der Waals surface area contributed by atoms with E-state index >= 15 is 0 Å². The second kappa shape index (κ2) is 10.1. The van der Waals surface area contributed by atoms with Crippen molar-refractivity contribution >= 4 is 51.6 Å². The summed E-state index contributed by atoms with van der Waals surface area (Å²) < 4.78 is 1.79. The van der Waals surface area contributed by atoms with E-state index in [1.807, 2.05) is 20.9 Å². The zero-order valence-electron chi connectivity index (χ0n) is 16.6. The Hall–Kier alpha value is -2.43. The Morgan fingerprint density at radius 1 is 1.27 bits per heavy atom. The number of nitrogens with zero attached hydrogens (tertiary/aromatic N) is 4. The molecule has 2 heterocycles. The van der Waals surface area contributed by atoms with E-state index in [2.05, 4.69) is 25.8 Å². The van der Waals surface area contributed by atoms with Crippen molar-refractivity contribution in [3.63, 3.8) is 0 Å². The minimum absolute atomic E-state index is 0.0605. The van der Waals surface area contributed by atoms with Crippen LogP contribution in [0.1, 0.15) is 36.1 Å². The number of rotatable bonds is 8. The van der Waals surface area contributed by atoms with Crippen LogP contribution < -0.4 is 10.6 Å². The quantitative estimate of drug-likeness (QED) is 0.492. The predicted molar refractivity (Wildman–Crippen MR) is 119 cm³/mol. The number of aromatic nitrogens is 4. The van der Waals surface area contributed by atoms with Gasteiger partial charge in [0.05, 0.1) is 22.4 Å². The van der Waals surface area contributed by atoms with E-state index in [9.17, 15) is 9.59 Å². The number of thioether (sulfide) groups is 1. The number of benzene rings is 1. The number of halogens is 1. The standard InChI is InChI=1S/C19H21ClN6O2S2/c1-11(2)15(23-17(28)12-6-4-5-7-13(12)20)16-24-25-19(26(16)3)30-10-14(27)22-18-21-8-9-29-18/h4-9,11,15H,10H2,1-3H3,(H,23,28)(H,21,22,27)/t15-/m1/s1. The first-order chi connectivity index (χ1) is 14.4. The first-order valence-corrected chi connectivity index (χ1v) is 11.4. The molecule has 0 aliphatic carbocycles. The summed E-state index contributed by atoms with van der Waals surface area (Å²) >= 11 is 8.77. The molecule has 0 fully saturated rings. The van der Waals surface area contributed by atoms with Gasteiger partial charge in [-0.25, -0.2) is 4.98 Å². The number of thiazole rings is 1. The number of hydrogen-bond donors (Lipinski definition) is 2. The summed E-state index contributed by atoms with van der Waals surface area (Å²) in [6.07, 6.45) is 1.63. The lowest BCUT2D eigenvalue weighted by Gasteiger charge is -2.22. The molecule has 2 amide bonds. The molecule has 0 saturated carbocycles. The minimum atomic E-state index is -0.371. The third-order valence-electron chi connectivity index (χ3n) is 4.23. The molecule has 30 heavy (non-hydrogen) atoms. The molecule has 0 aliphatic heterocycles. The summed E-state index contributed by atoms with van der Waals surface area (Å²) in [6, 6.07) is 6.52. The summed E-state index contributed by atoms with van der Waals surface area (Å²) in [5, 5.41) is 17.5. The molecule has 158 valence electrons. The molecule has 1 aromatic carbocycles. The SMILES string of the molecule is CC(C)[C@@H](NC(=O)c1ccccc1Cl)c1nnc(SCC(=O)Nc2nccs2)n1C. The largest absolute Gasteiger partial charge is 0.342 e. The average molecular weight is 465 g/mol. The zero-order valence-corrected chi connectivity index (χ0v) is 19.0. The highest BCUT2D eigenvalue weighted by Gasteiger charge is 2.26. The first-order valence-electron chi connectivity index (χ1n) is 9.13. The fourth-order valence-corrected chi connectivity index (χ4v) is 4.17. The number of nitrogens with one attached hydrogen (secondary N) is 2. The smallest absolute Gasteiger partial charge is 0.253 e. The van der Waals surface area contributed by atoms with E-state index in [0.29, 0.717) is 26.7 Å². The van der Waals surface area contributed by atoms with Gasteiger partial charge in [-0.15, -0.1) is 21.5 Å². The van der Waals surface area contributed by atoms with Gasteiger partial charge in [0, 0.05) is 18.6 Å². The van der Waals surface area contributed by atoms with Gasteiger partial charge < -0.3 is 15.2 Å². The van der Waals surface area contributed by atoms with Crippen molar-refractivity contribution in [3.8, 4) is 0 Å². The van der Waals surface area contributed by atoms with Gasteiger partial charge in [0.2, 0.25) is 5.91 Å². The Bertz CT molecular complexity index is 1020. The molecule has 0 spiro atoms. The second-order valence-corrected chi connectivity index (χ2v) is 8.99. The maximum absolute atomic E-state index is 12.7. The van der Waals surface area contributed by atoms with Gasteiger partial charge in [-0.2, -0.15) is 0 Å².